The summed E-state index contributed by atoms with van der Waals surface area (Å²) in [7, 11) is 1.75. The molecule has 0 bridgehead atoms. The van der Waals surface area contributed by atoms with Gasteiger partial charge in [0.05, 0.1) is 10.6 Å². The molecule has 0 amide bonds. The van der Waals surface area contributed by atoms with Crippen molar-refractivity contribution in [2.45, 2.75) is 31.9 Å². The van der Waals surface area contributed by atoms with E-state index in [-0.39, 0.29) is 5.60 Å². The van der Waals surface area contributed by atoms with Crippen LogP contribution in [0.2, 0.25) is 5.02 Å². The van der Waals surface area contributed by atoms with Crippen molar-refractivity contribution in [3.63, 3.8) is 0 Å². The van der Waals surface area contributed by atoms with Crippen molar-refractivity contribution in [1.29, 1.82) is 0 Å². The van der Waals surface area contributed by atoms with Crippen LogP contribution >= 0.6 is 11.6 Å². The van der Waals surface area contributed by atoms with Crippen LogP contribution in [0.25, 0.3) is 0 Å². The molecule has 2 aliphatic rings. The number of hydrogen-bond acceptors (Lipinski definition) is 4. The fraction of sp³-hybridized carbons (Fsp3) is 0.588. The number of fused-ring (bicyclic) bond motifs is 1. The quantitative estimate of drug-likeness (QED) is 0.642. The average molecular weight is 354 g/mol. The van der Waals surface area contributed by atoms with Gasteiger partial charge in [0.1, 0.15) is 13.2 Å². The number of guanidine groups is 1. The second-order valence-electron chi connectivity index (χ2n) is 6.28. The first-order valence-corrected chi connectivity index (χ1v) is 8.64. The van der Waals surface area contributed by atoms with Crippen LogP contribution in [-0.4, -0.2) is 45.0 Å². The molecule has 1 fully saturated rings. The zero-order valence-corrected chi connectivity index (χ0v) is 14.9. The third-order valence-electron chi connectivity index (χ3n) is 4.27. The van der Waals surface area contributed by atoms with E-state index in [9.17, 15) is 0 Å². The molecule has 0 spiro atoms. The first kappa shape index (κ1) is 17.2. The van der Waals surface area contributed by atoms with Gasteiger partial charge >= 0.3 is 0 Å². The molecule has 1 saturated heterocycles. The van der Waals surface area contributed by atoms with Crippen LogP contribution in [0.5, 0.6) is 11.5 Å². The second kappa shape index (κ2) is 7.49. The summed E-state index contributed by atoms with van der Waals surface area (Å²) in [6, 6.07) is 3.83. The molecule has 1 aromatic rings. The molecular formula is C17H24ClN3O3. The van der Waals surface area contributed by atoms with Gasteiger partial charge in [-0.2, -0.15) is 0 Å². The highest BCUT2D eigenvalue weighted by Gasteiger charge is 2.29. The number of halogens is 1. The number of nitrogens with one attached hydrogen (secondary N) is 2. The summed E-state index contributed by atoms with van der Waals surface area (Å²) in [6.07, 6.45) is 2.18. The fourth-order valence-corrected chi connectivity index (χ4v) is 3.21. The minimum atomic E-state index is -0.113. The minimum absolute atomic E-state index is 0.113. The van der Waals surface area contributed by atoms with Crippen molar-refractivity contribution >= 4 is 17.6 Å². The van der Waals surface area contributed by atoms with Crippen molar-refractivity contribution in [3.8, 4) is 11.5 Å². The largest absolute Gasteiger partial charge is 0.486 e. The summed E-state index contributed by atoms with van der Waals surface area (Å²) in [6.45, 7) is 5.35. The number of ether oxygens (including phenoxy) is 3. The highest BCUT2D eigenvalue weighted by molar-refractivity contribution is 6.32. The summed E-state index contributed by atoms with van der Waals surface area (Å²) in [5.41, 5.74) is 0.897. The number of rotatable bonds is 4. The van der Waals surface area contributed by atoms with E-state index in [0.717, 1.165) is 37.5 Å². The Balaban J connectivity index is 1.56. The van der Waals surface area contributed by atoms with E-state index >= 15 is 0 Å². The van der Waals surface area contributed by atoms with E-state index in [4.69, 9.17) is 25.8 Å². The van der Waals surface area contributed by atoms with Gasteiger partial charge in [-0.25, -0.2) is 0 Å². The fourth-order valence-electron chi connectivity index (χ4n) is 2.92. The van der Waals surface area contributed by atoms with E-state index in [1.54, 1.807) is 7.05 Å². The molecule has 132 valence electrons. The molecule has 7 heteroatoms. The van der Waals surface area contributed by atoms with Crippen LogP contribution < -0.4 is 20.1 Å². The number of nitrogens with zero attached hydrogens (tertiary/aromatic N) is 1. The van der Waals surface area contributed by atoms with Crippen molar-refractivity contribution in [2.24, 2.45) is 4.99 Å². The highest BCUT2D eigenvalue weighted by Crippen LogP contribution is 2.38. The summed E-state index contributed by atoms with van der Waals surface area (Å²) >= 11 is 6.27. The molecule has 3 rings (SSSR count). The van der Waals surface area contributed by atoms with Crippen molar-refractivity contribution in [2.75, 3.05) is 33.4 Å². The first-order chi connectivity index (χ1) is 11.6. The monoisotopic (exact) mass is 353 g/mol. The predicted molar refractivity (Wildman–Crippen MR) is 94.2 cm³/mol. The summed E-state index contributed by atoms with van der Waals surface area (Å²) in [5, 5.41) is 7.18. The van der Waals surface area contributed by atoms with Crippen LogP contribution in [0.15, 0.2) is 17.1 Å². The van der Waals surface area contributed by atoms with Gasteiger partial charge in [-0.15, -0.1) is 0 Å². The van der Waals surface area contributed by atoms with E-state index in [0.29, 0.717) is 36.3 Å². The van der Waals surface area contributed by atoms with Gasteiger partial charge in [0.2, 0.25) is 0 Å². The maximum Gasteiger partial charge on any atom is 0.191 e. The Morgan fingerprint density at radius 1 is 1.25 bits per heavy atom. The normalized spacial score (nSPS) is 23.2. The molecule has 2 N–H and O–H groups in total. The summed E-state index contributed by atoms with van der Waals surface area (Å²) in [4.78, 5) is 4.26. The summed E-state index contributed by atoms with van der Waals surface area (Å²) < 4.78 is 16.9. The number of benzene rings is 1. The molecule has 24 heavy (non-hydrogen) atoms. The number of hydrogen-bond donors (Lipinski definition) is 2. The van der Waals surface area contributed by atoms with Crippen LogP contribution in [-0.2, 0) is 11.3 Å². The lowest BCUT2D eigenvalue weighted by Crippen LogP contribution is -2.45. The van der Waals surface area contributed by atoms with Gasteiger partial charge in [0.25, 0.3) is 0 Å². The van der Waals surface area contributed by atoms with Crippen molar-refractivity contribution < 1.29 is 14.2 Å². The molecule has 2 aliphatic heterocycles. The molecule has 1 unspecified atom stereocenters. The first-order valence-electron chi connectivity index (χ1n) is 8.26. The number of aliphatic imine (C=N–C) groups is 1. The smallest absolute Gasteiger partial charge is 0.191 e. The molecule has 2 heterocycles. The zero-order chi connectivity index (χ0) is 17.0. The Labute approximate surface area is 147 Å². The Morgan fingerprint density at radius 2 is 2.08 bits per heavy atom. The Morgan fingerprint density at radius 3 is 2.83 bits per heavy atom. The Bertz CT molecular complexity index is 615. The van der Waals surface area contributed by atoms with Gasteiger partial charge < -0.3 is 24.8 Å². The van der Waals surface area contributed by atoms with E-state index in [1.807, 2.05) is 12.1 Å². The third-order valence-corrected chi connectivity index (χ3v) is 4.55. The second-order valence-corrected chi connectivity index (χ2v) is 6.69. The lowest BCUT2D eigenvalue weighted by molar-refractivity contribution is 0.0243. The van der Waals surface area contributed by atoms with E-state index in [1.165, 1.54) is 0 Å². The van der Waals surface area contributed by atoms with Gasteiger partial charge in [0, 0.05) is 26.7 Å². The zero-order valence-electron chi connectivity index (χ0n) is 14.2. The minimum Gasteiger partial charge on any atom is -0.486 e. The molecule has 0 aromatic heterocycles. The molecule has 1 atom stereocenters. The van der Waals surface area contributed by atoms with Gasteiger partial charge in [-0.3, -0.25) is 4.99 Å². The van der Waals surface area contributed by atoms with E-state index in [2.05, 4.69) is 22.5 Å². The van der Waals surface area contributed by atoms with Gasteiger partial charge in [0.15, 0.2) is 17.5 Å². The predicted octanol–water partition coefficient (Wildman–Crippen LogP) is 2.35. The maximum atomic E-state index is 6.27. The standard InChI is InChI=1S/C17H24ClN3O3/c1-17(4-3-5-24-17)11-21-16(19-2)20-10-12-8-13(18)15-14(9-12)22-6-7-23-15/h8-9H,3-7,10-11H2,1-2H3,(H2,19,20,21). The van der Waals surface area contributed by atoms with Crippen LogP contribution in [0.1, 0.15) is 25.3 Å². The van der Waals surface area contributed by atoms with Crippen LogP contribution in [0, 0.1) is 0 Å². The average Bonchev–Trinajstić information content (AvgIpc) is 3.02. The third kappa shape index (κ3) is 4.05. The van der Waals surface area contributed by atoms with E-state index < -0.39 is 0 Å². The molecule has 0 saturated carbocycles. The molecular weight excluding hydrogens is 330 g/mol. The lowest BCUT2D eigenvalue weighted by Gasteiger charge is -2.25. The molecule has 0 radical (unpaired) electrons. The molecule has 0 aliphatic carbocycles. The lowest BCUT2D eigenvalue weighted by atomic mass is 10.0. The van der Waals surface area contributed by atoms with Gasteiger partial charge in [-0.1, -0.05) is 11.6 Å². The Kier molecular flexibility index (Phi) is 5.36. The molecule has 1 aromatic carbocycles. The maximum absolute atomic E-state index is 6.27. The van der Waals surface area contributed by atoms with Gasteiger partial charge in [-0.05, 0) is 37.5 Å². The van der Waals surface area contributed by atoms with Crippen LogP contribution in [0.3, 0.4) is 0 Å². The highest BCUT2D eigenvalue weighted by atomic mass is 35.5. The summed E-state index contributed by atoms with van der Waals surface area (Å²) in [5.74, 6) is 2.05. The molecule has 6 nitrogen and oxygen atoms in total. The van der Waals surface area contributed by atoms with Crippen molar-refractivity contribution in [3.05, 3.63) is 22.7 Å². The van der Waals surface area contributed by atoms with Crippen molar-refractivity contribution in [1.82, 2.24) is 10.6 Å². The topological polar surface area (TPSA) is 64.1 Å². The van der Waals surface area contributed by atoms with Crippen LogP contribution in [0.4, 0.5) is 0 Å². The Hall–Kier alpha value is -1.66. The SMILES string of the molecule is CN=C(NCc1cc(Cl)c2c(c1)OCCO2)NCC1(C)CCCO1.